The van der Waals surface area contributed by atoms with E-state index in [2.05, 4.69) is 10.3 Å². The highest BCUT2D eigenvalue weighted by atomic mass is 32.1. The number of carbonyl (C=O) groups is 1. The van der Waals surface area contributed by atoms with Gasteiger partial charge in [-0.2, -0.15) is 0 Å². The number of nitrogens with zero attached hydrogens (tertiary/aromatic N) is 1. The van der Waals surface area contributed by atoms with E-state index in [1.54, 1.807) is 47.3 Å². The monoisotopic (exact) mass is 327 g/mol. The lowest BCUT2D eigenvalue weighted by molar-refractivity contribution is 0.0951. The molecular weight excluding hydrogens is 313 g/mol. The zero-order valence-electron chi connectivity index (χ0n) is 12.1. The maximum absolute atomic E-state index is 12.9. The summed E-state index contributed by atoms with van der Waals surface area (Å²) in [5.74, 6) is -0.491. The smallest absolute Gasteiger partial charge is 0.251 e. The minimum absolute atomic E-state index is 0.196. The van der Waals surface area contributed by atoms with E-state index in [0.29, 0.717) is 16.9 Å². The van der Waals surface area contributed by atoms with Crippen LogP contribution in [0.15, 0.2) is 60.9 Å². The molecule has 0 aliphatic heterocycles. The topological polar surface area (TPSA) is 49.8 Å². The molecule has 3 rings (SSSR count). The fourth-order valence-electron chi connectivity index (χ4n) is 2.21. The number of nitrogens with one attached hydrogen (secondary N) is 2. The van der Waals surface area contributed by atoms with Crippen LogP contribution < -0.4 is 5.32 Å². The number of amides is 1. The van der Waals surface area contributed by atoms with Crippen LogP contribution in [-0.2, 0) is 6.54 Å². The standard InChI is InChI=1S/C17H14FN3OS/c18-14-6-4-12(5-7-14)11-20-16(22)13-2-1-3-15(10-13)21-9-8-19-17(21)23/h1-10H,11H2,(H,19,23)(H,20,22). The highest BCUT2D eigenvalue weighted by Crippen LogP contribution is 2.11. The summed E-state index contributed by atoms with van der Waals surface area (Å²) in [6.45, 7) is 0.340. The molecule has 0 spiro atoms. The number of aromatic nitrogens is 2. The van der Waals surface area contributed by atoms with Gasteiger partial charge in [0.15, 0.2) is 4.77 Å². The van der Waals surface area contributed by atoms with Crippen LogP contribution in [0.3, 0.4) is 0 Å². The summed E-state index contributed by atoms with van der Waals surface area (Å²) < 4.78 is 15.2. The van der Waals surface area contributed by atoms with Crippen LogP contribution in [0.1, 0.15) is 15.9 Å². The largest absolute Gasteiger partial charge is 0.348 e. The molecule has 116 valence electrons. The van der Waals surface area contributed by atoms with E-state index in [0.717, 1.165) is 11.3 Å². The summed E-state index contributed by atoms with van der Waals surface area (Å²) in [6.07, 6.45) is 3.54. The fraction of sp³-hybridized carbons (Fsp3) is 0.0588. The number of imidazole rings is 1. The first kappa shape index (κ1) is 15.2. The first-order valence-electron chi connectivity index (χ1n) is 7.02. The number of hydrogen-bond donors (Lipinski definition) is 2. The summed E-state index contributed by atoms with van der Waals surface area (Å²) in [7, 11) is 0. The predicted octanol–water partition coefficient (Wildman–Crippen LogP) is 3.60. The third-order valence-electron chi connectivity index (χ3n) is 3.40. The zero-order chi connectivity index (χ0) is 16.2. The number of carbonyl (C=O) groups excluding carboxylic acids is 1. The van der Waals surface area contributed by atoms with Gasteiger partial charge in [0, 0.05) is 30.2 Å². The molecule has 6 heteroatoms. The SMILES string of the molecule is O=C(NCc1ccc(F)cc1)c1cccc(-n2cc[nH]c2=S)c1. The first-order valence-corrected chi connectivity index (χ1v) is 7.43. The van der Waals surface area contributed by atoms with Gasteiger partial charge in [0.05, 0.1) is 0 Å². The van der Waals surface area contributed by atoms with E-state index in [9.17, 15) is 9.18 Å². The molecule has 3 aromatic rings. The summed E-state index contributed by atoms with van der Waals surface area (Å²) in [5.41, 5.74) is 2.18. The molecule has 0 atom stereocenters. The number of halogens is 1. The van der Waals surface area contributed by atoms with Crippen molar-refractivity contribution in [3.05, 3.63) is 82.6 Å². The van der Waals surface area contributed by atoms with Crippen molar-refractivity contribution in [2.75, 3.05) is 0 Å². The zero-order valence-corrected chi connectivity index (χ0v) is 12.9. The molecule has 0 aliphatic rings. The van der Waals surface area contributed by atoms with Crippen molar-refractivity contribution in [2.45, 2.75) is 6.54 Å². The molecule has 0 bridgehead atoms. The number of benzene rings is 2. The maximum atomic E-state index is 12.9. The Bertz CT molecular complexity index is 883. The predicted molar refractivity (Wildman–Crippen MR) is 88.5 cm³/mol. The molecule has 0 saturated heterocycles. The molecule has 0 unspecified atom stereocenters. The minimum Gasteiger partial charge on any atom is -0.348 e. The molecule has 1 amide bonds. The number of hydrogen-bond acceptors (Lipinski definition) is 2. The van der Waals surface area contributed by atoms with Crippen LogP contribution in [0, 0.1) is 10.6 Å². The molecule has 0 fully saturated rings. The number of aromatic amines is 1. The Balaban J connectivity index is 1.74. The van der Waals surface area contributed by atoms with Crippen molar-refractivity contribution in [1.82, 2.24) is 14.9 Å². The van der Waals surface area contributed by atoms with Gasteiger partial charge in [-0.1, -0.05) is 18.2 Å². The maximum Gasteiger partial charge on any atom is 0.251 e. The van der Waals surface area contributed by atoms with Gasteiger partial charge in [-0.05, 0) is 48.1 Å². The Morgan fingerprint density at radius 1 is 1.22 bits per heavy atom. The minimum atomic E-state index is -0.295. The third-order valence-corrected chi connectivity index (χ3v) is 3.72. The number of rotatable bonds is 4. The van der Waals surface area contributed by atoms with Crippen molar-refractivity contribution in [3.8, 4) is 5.69 Å². The lowest BCUT2D eigenvalue weighted by Gasteiger charge is -2.08. The van der Waals surface area contributed by atoms with E-state index >= 15 is 0 Å². The van der Waals surface area contributed by atoms with Crippen LogP contribution in [0.5, 0.6) is 0 Å². The molecule has 23 heavy (non-hydrogen) atoms. The van der Waals surface area contributed by atoms with Gasteiger partial charge < -0.3 is 10.3 Å². The molecule has 2 aromatic carbocycles. The highest BCUT2D eigenvalue weighted by molar-refractivity contribution is 7.71. The van der Waals surface area contributed by atoms with E-state index in [1.807, 2.05) is 6.07 Å². The van der Waals surface area contributed by atoms with Crippen LogP contribution >= 0.6 is 12.2 Å². The van der Waals surface area contributed by atoms with Gasteiger partial charge in [-0.3, -0.25) is 9.36 Å². The third kappa shape index (κ3) is 3.54. The van der Waals surface area contributed by atoms with Gasteiger partial charge in [0.1, 0.15) is 5.82 Å². The van der Waals surface area contributed by atoms with E-state index in [4.69, 9.17) is 12.2 Å². The van der Waals surface area contributed by atoms with Crippen LogP contribution in [0.25, 0.3) is 5.69 Å². The molecule has 0 aliphatic carbocycles. The average molecular weight is 327 g/mol. The Hall–Kier alpha value is -2.73. The molecule has 0 saturated carbocycles. The normalized spacial score (nSPS) is 10.5. The van der Waals surface area contributed by atoms with Gasteiger partial charge in [0.25, 0.3) is 5.91 Å². The Morgan fingerprint density at radius 2 is 2.00 bits per heavy atom. The van der Waals surface area contributed by atoms with Crippen molar-refractivity contribution in [3.63, 3.8) is 0 Å². The molecule has 2 N–H and O–H groups in total. The van der Waals surface area contributed by atoms with Gasteiger partial charge in [-0.25, -0.2) is 4.39 Å². The highest BCUT2D eigenvalue weighted by Gasteiger charge is 2.07. The van der Waals surface area contributed by atoms with Crippen molar-refractivity contribution < 1.29 is 9.18 Å². The van der Waals surface area contributed by atoms with Crippen LogP contribution in [-0.4, -0.2) is 15.5 Å². The van der Waals surface area contributed by atoms with E-state index in [1.165, 1.54) is 12.1 Å². The quantitative estimate of drug-likeness (QED) is 0.719. The second-order valence-corrected chi connectivity index (χ2v) is 5.38. The second-order valence-electron chi connectivity index (χ2n) is 4.99. The summed E-state index contributed by atoms with van der Waals surface area (Å²) in [6, 6.07) is 13.2. The van der Waals surface area contributed by atoms with Crippen molar-refractivity contribution in [2.24, 2.45) is 0 Å². The van der Waals surface area contributed by atoms with Crippen LogP contribution in [0.4, 0.5) is 4.39 Å². The first-order chi connectivity index (χ1) is 11.1. The molecule has 1 aromatic heterocycles. The Labute approximate surface area is 137 Å². The lowest BCUT2D eigenvalue weighted by Crippen LogP contribution is -2.22. The molecule has 0 radical (unpaired) electrons. The number of H-pyrrole nitrogens is 1. The lowest BCUT2D eigenvalue weighted by atomic mass is 10.1. The Morgan fingerprint density at radius 3 is 2.70 bits per heavy atom. The fourth-order valence-corrected chi connectivity index (χ4v) is 2.44. The summed E-state index contributed by atoms with van der Waals surface area (Å²) in [4.78, 5) is 15.2. The van der Waals surface area contributed by atoms with E-state index < -0.39 is 0 Å². The Kier molecular flexibility index (Phi) is 4.34. The molecule has 1 heterocycles. The van der Waals surface area contributed by atoms with Gasteiger partial charge in [0.2, 0.25) is 0 Å². The van der Waals surface area contributed by atoms with Gasteiger partial charge >= 0.3 is 0 Å². The van der Waals surface area contributed by atoms with E-state index in [-0.39, 0.29) is 11.7 Å². The molecule has 4 nitrogen and oxygen atoms in total. The second kappa shape index (κ2) is 6.58. The molecular formula is C17H14FN3OS. The summed E-state index contributed by atoms with van der Waals surface area (Å²) in [5, 5.41) is 2.82. The van der Waals surface area contributed by atoms with Crippen LogP contribution in [0.2, 0.25) is 0 Å². The van der Waals surface area contributed by atoms with Crippen molar-refractivity contribution >= 4 is 18.1 Å². The summed E-state index contributed by atoms with van der Waals surface area (Å²) >= 11 is 5.18. The van der Waals surface area contributed by atoms with Gasteiger partial charge in [-0.15, -0.1) is 0 Å². The average Bonchev–Trinajstić information content (AvgIpc) is 3.00. The van der Waals surface area contributed by atoms with Crippen molar-refractivity contribution in [1.29, 1.82) is 0 Å².